The molecule has 2 aliphatic rings. The topological polar surface area (TPSA) is 12.5 Å². The van der Waals surface area contributed by atoms with E-state index in [1.165, 1.54) is 16.1 Å². The van der Waals surface area contributed by atoms with E-state index in [-0.39, 0.29) is 11.1 Å². The van der Waals surface area contributed by atoms with Crippen LogP contribution in [0.3, 0.4) is 0 Å². The van der Waals surface area contributed by atoms with Crippen molar-refractivity contribution in [1.29, 1.82) is 0 Å². The first-order valence-electron chi connectivity index (χ1n) is 11.6. The molecule has 0 amide bonds. The van der Waals surface area contributed by atoms with Crippen LogP contribution in [0.25, 0.3) is 0 Å². The number of fused-ring (bicyclic) bond motifs is 1. The van der Waals surface area contributed by atoms with Gasteiger partial charge in [-0.3, -0.25) is 0 Å². The molecular formula is C28H33NOSi. The van der Waals surface area contributed by atoms with Crippen molar-refractivity contribution in [3.8, 4) is 0 Å². The minimum Gasteiger partial charge on any atom is -0.402 e. The summed E-state index contributed by atoms with van der Waals surface area (Å²) < 4.78 is 7.39. The molecule has 3 aromatic rings. The molecule has 2 fully saturated rings. The molecule has 0 spiro atoms. The summed E-state index contributed by atoms with van der Waals surface area (Å²) in [6.07, 6.45) is 0.245. The molecule has 2 saturated heterocycles. The van der Waals surface area contributed by atoms with Gasteiger partial charge in [0.2, 0.25) is 0 Å². The summed E-state index contributed by atoms with van der Waals surface area (Å²) in [4.78, 5) is 2.62. The average molecular weight is 428 g/mol. The molecule has 0 saturated carbocycles. The molecule has 5 rings (SSSR count). The lowest BCUT2D eigenvalue weighted by atomic mass is 9.81. The Kier molecular flexibility index (Phi) is 5.07. The van der Waals surface area contributed by atoms with Crippen molar-refractivity contribution in [1.82, 2.24) is 0 Å². The number of hydrogen-bond acceptors (Lipinski definition) is 2. The molecule has 3 aromatic carbocycles. The maximum atomic E-state index is 7.39. The van der Waals surface area contributed by atoms with Gasteiger partial charge in [-0.05, 0) is 33.5 Å². The van der Waals surface area contributed by atoms with Crippen molar-refractivity contribution < 1.29 is 4.43 Å². The van der Waals surface area contributed by atoms with Gasteiger partial charge in [0.15, 0.2) is 0 Å². The van der Waals surface area contributed by atoms with E-state index in [2.05, 4.69) is 124 Å². The third-order valence-electron chi connectivity index (χ3n) is 7.71. The van der Waals surface area contributed by atoms with Gasteiger partial charge < -0.3 is 9.33 Å². The Bertz CT molecular complexity index is 979. The van der Waals surface area contributed by atoms with Gasteiger partial charge in [0.1, 0.15) is 0 Å². The summed E-state index contributed by atoms with van der Waals surface area (Å²) in [7, 11) is -2.45. The number of nitrogens with zero attached hydrogens (tertiary/aromatic N) is 1. The molecule has 0 radical (unpaired) electrons. The largest absolute Gasteiger partial charge is 0.402 e. The van der Waals surface area contributed by atoms with Crippen molar-refractivity contribution >= 4 is 24.4 Å². The molecule has 3 unspecified atom stereocenters. The van der Waals surface area contributed by atoms with E-state index in [4.69, 9.17) is 4.43 Å². The highest BCUT2D eigenvalue weighted by Gasteiger charge is 2.68. The third kappa shape index (κ3) is 3.01. The molecule has 31 heavy (non-hydrogen) atoms. The summed E-state index contributed by atoms with van der Waals surface area (Å²) in [5, 5.41) is 2.85. The maximum absolute atomic E-state index is 7.39. The fraction of sp³-hybridized carbons (Fsp3) is 0.357. The lowest BCUT2D eigenvalue weighted by Gasteiger charge is -2.45. The van der Waals surface area contributed by atoms with Crippen LogP contribution < -0.4 is 15.3 Å². The Morgan fingerprint density at radius 2 is 1.29 bits per heavy atom. The summed E-state index contributed by atoms with van der Waals surface area (Å²) in [5.41, 5.74) is 1.32. The van der Waals surface area contributed by atoms with Gasteiger partial charge in [-0.2, -0.15) is 0 Å². The number of hydrogen-bond donors (Lipinski definition) is 0. The zero-order valence-corrected chi connectivity index (χ0v) is 20.0. The van der Waals surface area contributed by atoms with Gasteiger partial charge >= 0.3 is 0 Å². The minimum absolute atomic E-state index is 0.0544. The molecular weight excluding hydrogens is 394 g/mol. The third-order valence-corrected chi connectivity index (χ3v) is 12.8. The van der Waals surface area contributed by atoms with Crippen LogP contribution in [0.15, 0.2) is 91.0 Å². The van der Waals surface area contributed by atoms with Crippen LogP contribution >= 0.6 is 0 Å². The molecule has 0 bridgehead atoms. The smallest absolute Gasteiger partial charge is 0.262 e. The van der Waals surface area contributed by atoms with Crippen LogP contribution in [0.4, 0.5) is 5.69 Å². The van der Waals surface area contributed by atoms with Gasteiger partial charge in [-0.1, -0.05) is 107 Å². The summed E-state index contributed by atoms with van der Waals surface area (Å²) >= 11 is 0. The standard InChI is InChI=1S/C28H33NOSi/c1-21(2)27-26-25(20-29(27)22-14-8-5-9-15-22)30-31(28(26,3)4,23-16-10-6-11-17-23)24-18-12-7-13-19-24/h5-19,21,25-27H,20H2,1-4H3. The SMILES string of the molecule is CC(C)C1C2C(CN1c1ccccc1)O[Si](c1ccccc1)(c1ccccc1)C2(C)C. The second-order valence-electron chi connectivity index (χ2n) is 10.0. The molecule has 2 heterocycles. The molecule has 0 N–H and O–H groups in total. The second-order valence-corrected chi connectivity index (χ2v) is 14.1. The van der Waals surface area contributed by atoms with Crippen LogP contribution in [0.1, 0.15) is 27.7 Å². The van der Waals surface area contributed by atoms with Crippen LogP contribution in [-0.2, 0) is 4.43 Å². The Labute approximate surface area is 188 Å². The molecule has 2 aliphatic heterocycles. The van der Waals surface area contributed by atoms with E-state index in [1.807, 2.05) is 0 Å². The zero-order valence-electron chi connectivity index (χ0n) is 19.0. The van der Waals surface area contributed by atoms with Crippen LogP contribution in [0.5, 0.6) is 0 Å². The first-order valence-corrected chi connectivity index (χ1v) is 13.5. The quantitative estimate of drug-likeness (QED) is 0.538. The molecule has 160 valence electrons. The highest BCUT2D eigenvalue weighted by molar-refractivity contribution is 7.00. The van der Waals surface area contributed by atoms with Crippen molar-refractivity contribution in [2.75, 3.05) is 11.4 Å². The summed E-state index contributed by atoms with van der Waals surface area (Å²) in [6, 6.07) is 33.6. The van der Waals surface area contributed by atoms with Gasteiger partial charge in [-0.15, -0.1) is 0 Å². The number of anilines is 1. The van der Waals surface area contributed by atoms with E-state index in [0.717, 1.165) is 6.54 Å². The maximum Gasteiger partial charge on any atom is 0.262 e. The monoisotopic (exact) mass is 427 g/mol. The van der Waals surface area contributed by atoms with Crippen molar-refractivity contribution in [2.24, 2.45) is 11.8 Å². The summed E-state index contributed by atoms with van der Waals surface area (Å²) in [5.74, 6) is 1.04. The number of para-hydroxylation sites is 1. The van der Waals surface area contributed by atoms with Gasteiger partial charge in [0, 0.05) is 24.2 Å². The van der Waals surface area contributed by atoms with E-state index in [9.17, 15) is 0 Å². The first-order chi connectivity index (χ1) is 15.0. The predicted octanol–water partition coefficient (Wildman–Crippen LogP) is 5.09. The summed E-state index contributed by atoms with van der Waals surface area (Å²) in [6.45, 7) is 10.7. The van der Waals surface area contributed by atoms with Gasteiger partial charge in [0.25, 0.3) is 8.32 Å². The highest BCUT2D eigenvalue weighted by Crippen LogP contribution is 2.59. The number of rotatable bonds is 4. The average Bonchev–Trinajstić information content (AvgIpc) is 3.29. The fourth-order valence-corrected chi connectivity index (χ4v) is 11.7. The minimum atomic E-state index is -2.45. The van der Waals surface area contributed by atoms with Gasteiger partial charge in [-0.25, -0.2) is 0 Å². The fourth-order valence-electron chi connectivity index (χ4n) is 6.52. The van der Waals surface area contributed by atoms with Crippen LogP contribution in [0, 0.1) is 11.8 Å². The Morgan fingerprint density at radius 1 is 0.806 bits per heavy atom. The molecule has 3 heteroatoms. The highest BCUT2D eigenvalue weighted by atomic mass is 28.4. The lowest BCUT2D eigenvalue weighted by Crippen LogP contribution is -2.66. The van der Waals surface area contributed by atoms with E-state index >= 15 is 0 Å². The second kappa shape index (κ2) is 7.65. The predicted molar refractivity (Wildman–Crippen MR) is 133 cm³/mol. The van der Waals surface area contributed by atoms with Crippen LogP contribution in [0.2, 0.25) is 5.04 Å². The molecule has 0 aromatic heterocycles. The Hall–Kier alpha value is -2.36. The van der Waals surface area contributed by atoms with E-state index < -0.39 is 8.32 Å². The van der Waals surface area contributed by atoms with Gasteiger partial charge in [0.05, 0.1) is 6.10 Å². The van der Waals surface area contributed by atoms with E-state index in [1.54, 1.807) is 0 Å². The Morgan fingerprint density at radius 3 is 1.77 bits per heavy atom. The van der Waals surface area contributed by atoms with Crippen molar-refractivity contribution in [3.05, 3.63) is 91.0 Å². The Balaban J connectivity index is 1.66. The molecule has 3 atom stereocenters. The first kappa shape index (κ1) is 20.5. The lowest BCUT2D eigenvalue weighted by molar-refractivity contribution is 0.191. The number of benzene rings is 3. The molecule has 0 aliphatic carbocycles. The van der Waals surface area contributed by atoms with Crippen molar-refractivity contribution in [2.45, 2.75) is 44.9 Å². The van der Waals surface area contributed by atoms with E-state index in [0.29, 0.717) is 17.9 Å². The zero-order chi connectivity index (χ0) is 21.6. The van der Waals surface area contributed by atoms with Crippen molar-refractivity contribution in [3.63, 3.8) is 0 Å². The molecule has 2 nitrogen and oxygen atoms in total. The van der Waals surface area contributed by atoms with Crippen LogP contribution in [-0.4, -0.2) is 27.0 Å². The normalized spacial score (nSPS) is 26.2.